The van der Waals surface area contributed by atoms with Crippen molar-refractivity contribution in [2.75, 3.05) is 14.1 Å². The second-order valence-electron chi connectivity index (χ2n) is 5.27. The summed E-state index contributed by atoms with van der Waals surface area (Å²) in [5.41, 5.74) is 2.03. The summed E-state index contributed by atoms with van der Waals surface area (Å²) in [6.07, 6.45) is 0.937. The molecule has 0 unspecified atom stereocenters. The average molecular weight is 259 g/mol. The molecular weight excluding hydrogens is 238 g/mol. The zero-order valence-electron chi connectivity index (χ0n) is 12.3. The first-order valence-corrected chi connectivity index (χ1v) is 6.52. The quantitative estimate of drug-likeness (QED) is 0.844. The minimum atomic E-state index is -0.186. The molecule has 1 aromatic carbocycles. The minimum absolute atomic E-state index is 0.186. The summed E-state index contributed by atoms with van der Waals surface area (Å²) >= 11 is 0. The SMILES string of the molecule is CC[C@](C)(c1nnnn1-c1ccc(C)cc1)N(C)C. The van der Waals surface area contributed by atoms with Crippen molar-refractivity contribution in [2.45, 2.75) is 32.7 Å². The molecule has 5 nitrogen and oxygen atoms in total. The number of hydrogen-bond donors (Lipinski definition) is 0. The standard InChI is InChI=1S/C14H21N5/c1-6-14(3,18(4)5)13-15-16-17-19(13)12-9-7-11(2)8-10-12/h7-10H,6H2,1-5H3/t14-/m1/s1. The highest BCUT2D eigenvalue weighted by Gasteiger charge is 2.33. The zero-order valence-corrected chi connectivity index (χ0v) is 12.3. The predicted molar refractivity (Wildman–Crippen MR) is 75.2 cm³/mol. The Kier molecular flexibility index (Phi) is 3.66. The summed E-state index contributed by atoms with van der Waals surface area (Å²) in [5, 5.41) is 12.2. The Morgan fingerprint density at radius 3 is 2.37 bits per heavy atom. The third-order valence-electron chi connectivity index (χ3n) is 3.91. The molecule has 5 heteroatoms. The van der Waals surface area contributed by atoms with Gasteiger partial charge in [0, 0.05) is 0 Å². The van der Waals surface area contributed by atoms with Crippen molar-refractivity contribution in [1.82, 2.24) is 25.1 Å². The number of tetrazole rings is 1. The molecule has 0 fully saturated rings. The van der Waals surface area contributed by atoms with E-state index in [1.54, 1.807) is 0 Å². The monoisotopic (exact) mass is 259 g/mol. The first kappa shape index (κ1) is 13.7. The lowest BCUT2D eigenvalue weighted by molar-refractivity contribution is 0.153. The molecule has 0 bridgehead atoms. The van der Waals surface area contributed by atoms with Crippen molar-refractivity contribution in [1.29, 1.82) is 0 Å². The highest BCUT2D eigenvalue weighted by Crippen LogP contribution is 2.28. The molecule has 0 N–H and O–H groups in total. The lowest BCUT2D eigenvalue weighted by atomic mass is 9.96. The van der Waals surface area contributed by atoms with Gasteiger partial charge in [-0.25, -0.2) is 0 Å². The smallest absolute Gasteiger partial charge is 0.176 e. The molecule has 0 aliphatic heterocycles. The van der Waals surface area contributed by atoms with Gasteiger partial charge in [0.05, 0.1) is 11.2 Å². The summed E-state index contributed by atoms with van der Waals surface area (Å²) in [4.78, 5) is 2.16. The second kappa shape index (κ2) is 5.09. The van der Waals surface area contributed by atoms with Crippen LogP contribution in [-0.4, -0.2) is 39.2 Å². The van der Waals surface area contributed by atoms with E-state index in [1.807, 2.05) is 16.8 Å². The van der Waals surface area contributed by atoms with Crippen molar-refractivity contribution in [3.05, 3.63) is 35.7 Å². The summed E-state index contributed by atoms with van der Waals surface area (Å²) in [7, 11) is 4.11. The molecule has 0 saturated carbocycles. The number of aromatic nitrogens is 4. The molecule has 1 atom stereocenters. The van der Waals surface area contributed by atoms with Gasteiger partial charge in [-0.3, -0.25) is 4.90 Å². The summed E-state index contributed by atoms with van der Waals surface area (Å²) in [6, 6.07) is 8.22. The lowest BCUT2D eigenvalue weighted by Crippen LogP contribution is -2.40. The van der Waals surface area contributed by atoms with Crippen LogP contribution in [0.3, 0.4) is 0 Å². The van der Waals surface area contributed by atoms with Gasteiger partial charge in [0.25, 0.3) is 0 Å². The van der Waals surface area contributed by atoms with Gasteiger partial charge in [0.15, 0.2) is 5.82 Å². The summed E-state index contributed by atoms with van der Waals surface area (Å²) < 4.78 is 1.82. The van der Waals surface area contributed by atoms with Crippen LogP contribution in [0.25, 0.3) is 5.69 Å². The van der Waals surface area contributed by atoms with Crippen LogP contribution < -0.4 is 0 Å². The van der Waals surface area contributed by atoms with Crippen LogP contribution in [0.4, 0.5) is 0 Å². The van der Waals surface area contributed by atoms with Crippen molar-refractivity contribution in [3.63, 3.8) is 0 Å². The number of aryl methyl sites for hydroxylation is 1. The Morgan fingerprint density at radius 2 is 1.84 bits per heavy atom. The Morgan fingerprint density at radius 1 is 1.21 bits per heavy atom. The van der Waals surface area contributed by atoms with Crippen LogP contribution >= 0.6 is 0 Å². The Labute approximate surface area is 114 Å². The van der Waals surface area contributed by atoms with Gasteiger partial charge in [-0.15, -0.1) is 5.10 Å². The van der Waals surface area contributed by atoms with E-state index in [0.29, 0.717) is 0 Å². The van der Waals surface area contributed by atoms with Gasteiger partial charge in [-0.1, -0.05) is 24.6 Å². The van der Waals surface area contributed by atoms with E-state index < -0.39 is 0 Å². The fraction of sp³-hybridized carbons (Fsp3) is 0.500. The molecule has 0 aliphatic rings. The number of nitrogens with zero attached hydrogens (tertiary/aromatic N) is 5. The highest BCUT2D eigenvalue weighted by molar-refractivity contribution is 5.34. The van der Waals surface area contributed by atoms with Gasteiger partial charge in [0.1, 0.15) is 0 Å². The average Bonchev–Trinajstić information content (AvgIpc) is 2.88. The Balaban J connectivity index is 2.50. The van der Waals surface area contributed by atoms with E-state index >= 15 is 0 Å². The fourth-order valence-corrected chi connectivity index (χ4v) is 2.06. The zero-order chi connectivity index (χ0) is 14.0. The van der Waals surface area contributed by atoms with Crippen molar-refractivity contribution in [2.24, 2.45) is 0 Å². The van der Waals surface area contributed by atoms with Gasteiger partial charge in [-0.2, -0.15) is 4.68 Å². The molecule has 1 aromatic heterocycles. The Hall–Kier alpha value is -1.75. The van der Waals surface area contributed by atoms with E-state index in [2.05, 4.69) is 67.4 Å². The minimum Gasteiger partial charge on any atom is -0.297 e. The first-order chi connectivity index (χ1) is 8.99. The molecule has 2 rings (SSSR count). The maximum absolute atomic E-state index is 4.24. The number of rotatable bonds is 4. The lowest BCUT2D eigenvalue weighted by Gasteiger charge is -2.34. The van der Waals surface area contributed by atoms with Crippen LogP contribution in [0.1, 0.15) is 31.7 Å². The molecule has 0 amide bonds. The van der Waals surface area contributed by atoms with E-state index in [1.165, 1.54) is 5.56 Å². The van der Waals surface area contributed by atoms with Crippen LogP contribution in [-0.2, 0) is 5.54 Å². The van der Waals surface area contributed by atoms with Crippen molar-refractivity contribution < 1.29 is 0 Å². The van der Waals surface area contributed by atoms with Crippen molar-refractivity contribution in [3.8, 4) is 5.69 Å². The second-order valence-corrected chi connectivity index (χ2v) is 5.27. The first-order valence-electron chi connectivity index (χ1n) is 6.52. The maximum Gasteiger partial charge on any atom is 0.176 e. The number of benzene rings is 1. The molecular formula is C14H21N5. The molecule has 0 aliphatic carbocycles. The van der Waals surface area contributed by atoms with Crippen LogP contribution in [0.15, 0.2) is 24.3 Å². The van der Waals surface area contributed by atoms with Crippen molar-refractivity contribution >= 4 is 0 Å². The topological polar surface area (TPSA) is 46.8 Å². The predicted octanol–water partition coefficient (Wildman–Crippen LogP) is 2.16. The van der Waals surface area contributed by atoms with Gasteiger partial charge in [0.2, 0.25) is 0 Å². The molecule has 0 spiro atoms. The molecule has 2 aromatic rings. The number of hydrogen-bond acceptors (Lipinski definition) is 4. The largest absolute Gasteiger partial charge is 0.297 e. The molecule has 1 heterocycles. The van der Waals surface area contributed by atoms with Crippen LogP contribution in [0.2, 0.25) is 0 Å². The van der Waals surface area contributed by atoms with Crippen LogP contribution in [0.5, 0.6) is 0 Å². The van der Waals surface area contributed by atoms with E-state index in [4.69, 9.17) is 0 Å². The third kappa shape index (κ3) is 2.38. The molecule has 19 heavy (non-hydrogen) atoms. The Bertz CT molecular complexity index is 543. The molecule has 102 valence electrons. The molecule has 0 radical (unpaired) electrons. The van der Waals surface area contributed by atoms with Gasteiger partial charge >= 0.3 is 0 Å². The fourth-order valence-electron chi connectivity index (χ4n) is 2.06. The maximum atomic E-state index is 4.24. The third-order valence-corrected chi connectivity index (χ3v) is 3.91. The molecule has 0 saturated heterocycles. The van der Waals surface area contributed by atoms with Crippen LogP contribution in [0, 0.1) is 6.92 Å². The van der Waals surface area contributed by atoms with E-state index in [-0.39, 0.29) is 5.54 Å². The summed E-state index contributed by atoms with van der Waals surface area (Å²) in [6.45, 7) is 6.37. The highest BCUT2D eigenvalue weighted by atomic mass is 15.6. The van der Waals surface area contributed by atoms with Gasteiger partial charge in [-0.05, 0) is 56.9 Å². The summed E-state index contributed by atoms with van der Waals surface area (Å²) in [5.74, 6) is 0.865. The van der Waals surface area contributed by atoms with Gasteiger partial charge < -0.3 is 0 Å². The van der Waals surface area contributed by atoms with E-state index in [0.717, 1.165) is 17.9 Å². The normalized spacial score (nSPS) is 14.6. The van der Waals surface area contributed by atoms with E-state index in [9.17, 15) is 0 Å².